The largest absolute Gasteiger partial charge is 0.479 e. The molecule has 0 spiro atoms. The van der Waals surface area contributed by atoms with E-state index in [1.165, 1.54) is 36.1 Å². The van der Waals surface area contributed by atoms with Crippen molar-refractivity contribution >= 4 is 28.8 Å². The third kappa shape index (κ3) is 3.85. The molecule has 5 nitrogen and oxygen atoms in total. The van der Waals surface area contributed by atoms with Gasteiger partial charge in [0.15, 0.2) is 11.2 Å². The zero-order chi connectivity index (χ0) is 16.3. The molecule has 1 saturated heterocycles. The third-order valence-corrected chi connectivity index (χ3v) is 4.54. The summed E-state index contributed by atoms with van der Waals surface area (Å²) in [5.74, 6) is -1.43. The zero-order valence-electron chi connectivity index (χ0n) is 12.0. The lowest BCUT2D eigenvalue weighted by Gasteiger charge is -2.25. The first-order valence-electron chi connectivity index (χ1n) is 6.79. The molecule has 1 aromatic carbocycles. The lowest BCUT2D eigenvalue weighted by molar-refractivity contribution is -0.148. The van der Waals surface area contributed by atoms with Crippen molar-refractivity contribution in [2.24, 2.45) is 5.92 Å². The Bertz CT molecular complexity index is 590. The molecule has 1 aromatic rings. The molecule has 7 heteroatoms. The lowest BCUT2D eigenvalue weighted by Crippen LogP contribution is -2.35. The Hall–Kier alpha value is -1.89. The number of rotatable bonds is 5. The fourth-order valence-corrected chi connectivity index (χ4v) is 3.20. The molecule has 0 bridgehead atoms. The minimum Gasteiger partial charge on any atom is -0.479 e. The quantitative estimate of drug-likeness (QED) is 0.897. The topological polar surface area (TPSA) is 74.7 Å². The van der Waals surface area contributed by atoms with E-state index in [0.29, 0.717) is 11.3 Å². The highest BCUT2D eigenvalue weighted by Crippen LogP contribution is 2.30. The molecular weight excluding hydrogens is 309 g/mol. The molecule has 1 aliphatic rings. The summed E-state index contributed by atoms with van der Waals surface area (Å²) in [4.78, 5) is 35.9. The molecule has 0 saturated carbocycles. The molecule has 1 heterocycles. The van der Waals surface area contributed by atoms with E-state index in [-0.39, 0.29) is 29.9 Å². The first kappa shape index (κ1) is 16.5. The number of nitrogens with zero attached hydrogens (tertiary/aromatic N) is 1. The minimum atomic E-state index is -1.15. The van der Waals surface area contributed by atoms with E-state index >= 15 is 0 Å². The highest BCUT2D eigenvalue weighted by Gasteiger charge is 2.38. The second kappa shape index (κ2) is 6.91. The number of aliphatic carboxylic acids is 1. The van der Waals surface area contributed by atoms with Gasteiger partial charge < -0.3 is 10.0 Å². The maximum absolute atomic E-state index is 13.0. The predicted molar refractivity (Wildman–Crippen MR) is 79.7 cm³/mol. The third-order valence-electron chi connectivity index (χ3n) is 3.49. The fraction of sp³-hybridized carbons (Fsp3) is 0.400. The van der Waals surface area contributed by atoms with Gasteiger partial charge in [-0.1, -0.05) is 23.9 Å². The molecule has 22 heavy (non-hydrogen) atoms. The molecule has 1 N–H and O–H groups in total. The molecule has 118 valence electrons. The summed E-state index contributed by atoms with van der Waals surface area (Å²) in [5.41, 5.74) is 0.363. The second-order valence-corrected chi connectivity index (χ2v) is 6.41. The Morgan fingerprint density at radius 3 is 2.59 bits per heavy atom. The van der Waals surface area contributed by atoms with E-state index in [0.717, 1.165) is 11.8 Å². The van der Waals surface area contributed by atoms with Crippen LogP contribution in [0.25, 0.3) is 0 Å². The number of likely N-dealkylation sites (tertiary alicyclic amines) is 1. The first-order chi connectivity index (χ1) is 10.4. The normalized spacial score (nSPS) is 19.3. The van der Waals surface area contributed by atoms with Crippen molar-refractivity contribution in [2.75, 3.05) is 12.3 Å². The molecule has 2 atom stereocenters. The number of benzene rings is 1. The molecule has 1 fully saturated rings. The van der Waals surface area contributed by atoms with E-state index in [4.69, 9.17) is 0 Å². The highest BCUT2D eigenvalue weighted by molar-refractivity contribution is 8.13. The van der Waals surface area contributed by atoms with Gasteiger partial charge in [0.2, 0.25) is 5.91 Å². The summed E-state index contributed by atoms with van der Waals surface area (Å²) in [5, 5.41) is 9.40. The number of amides is 1. The zero-order valence-corrected chi connectivity index (χ0v) is 12.8. The van der Waals surface area contributed by atoms with Gasteiger partial charge in [0.25, 0.3) is 0 Å². The van der Waals surface area contributed by atoms with E-state index in [1.807, 2.05) is 0 Å². The van der Waals surface area contributed by atoms with Crippen LogP contribution in [0.2, 0.25) is 0 Å². The number of hydrogen-bond donors (Lipinski definition) is 1. The van der Waals surface area contributed by atoms with Crippen LogP contribution < -0.4 is 0 Å². The number of carbonyl (C=O) groups excluding carboxylic acids is 2. The van der Waals surface area contributed by atoms with Crippen LogP contribution in [0.5, 0.6) is 0 Å². The van der Waals surface area contributed by atoms with Gasteiger partial charge in [0.1, 0.15) is 5.82 Å². The number of carboxylic acids is 1. The molecule has 0 aromatic heterocycles. The van der Waals surface area contributed by atoms with Crippen molar-refractivity contribution in [3.05, 3.63) is 35.6 Å². The number of thioether (sulfide) groups is 1. The molecule has 0 aliphatic carbocycles. The van der Waals surface area contributed by atoms with Crippen molar-refractivity contribution in [3.8, 4) is 0 Å². The summed E-state index contributed by atoms with van der Waals surface area (Å²) in [6.07, 6.45) is 0.227. The predicted octanol–water partition coefficient (Wildman–Crippen LogP) is 2.08. The van der Waals surface area contributed by atoms with Gasteiger partial charge in [-0.25, -0.2) is 9.18 Å². The van der Waals surface area contributed by atoms with E-state index < -0.39 is 17.8 Å². The van der Waals surface area contributed by atoms with Gasteiger partial charge >= 0.3 is 5.97 Å². The van der Waals surface area contributed by atoms with Gasteiger partial charge in [0, 0.05) is 25.6 Å². The molecule has 0 radical (unpaired) electrons. The van der Waals surface area contributed by atoms with Crippen molar-refractivity contribution in [1.82, 2.24) is 4.90 Å². The van der Waals surface area contributed by atoms with Crippen LogP contribution in [-0.2, 0) is 14.4 Å². The first-order valence-corrected chi connectivity index (χ1v) is 7.78. The van der Waals surface area contributed by atoms with Crippen LogP contribution in [0, 0.1) is 11.7 Å². The van der Waals surface area contributed by atoms with E-state index in [1.54, 1.807) is 0 Å². The molecule has 1 unspecified atom stereocenters. The number of hydrogen-bond acceptors (Lipinski definition) is 4. The fourth-order valence-electron chi connectivity index (χ4n) is 2.51. The minimum absolute atomic E-state index is 0.0285. The standard InChI is InChI=1S/C15H16FNO4S/c1-9(18)22-8-10-6-13(19)17(7-10)14(15(20)21)11-2-4-12(16)5-3-11/h2-5,10,14H,6-8H2,1H3,(H,20,21)/t10?,14-/m0/s1. The highest BCUT2D eigenvalue weighted by atomic mass is 32.2. The summed E-state index contributed by atoms with van der Waals surface area (Å²) in [6, 6.07) is 3.97. The van der Waals surface area contributed by atoms with Crippen LogP contribution in [0.1, 0.15) is 24.9 Å². The number of halogens is 1. The Morgan fingerprint density at radius 2 is 2.05 bits per heavy atom. The lowest BCUT2D eigenvalue weighted by atomic mass is 10.1. The van der Waals surface area contributed by atoms with Gasteiger partial charge in [-0.3, -0.25) is 9.59 Å². The molecule has 2 rings (SSSR count). The van der Waals surface area contributed by atoms with Gasteiger partial charge in [-0.05, 0) is 23.6 Å². The van der Waals surface area contributed by atoms with Crippen molar-refractivity contribution in [3.63, 3.8) is 0 Å². The monoisotopic (exact) mass is 325 g/mol. The average molecular weight is 325 g/mol. The van der Waals surface area contributed by atoms with Crippen molar-refractivity contribution in [1.29, 1.82) is 0 Å². The van der Waals surface area contributed by atoms with Crippen molar-refractivity contribution < 1.29 is 23.9 Å². The SMILES string of the molecule is CC(=O)SCC1CC(=O)N([C@H](C(=O)O)c2ccc(F)cc2)C1. The maximum Gasteiger partial charge on any atom is 0.331 e. The Morgan fingerprint density at radius 1 is 1.41 bits per heavy atom. The Labute approximate surface area is 131 Å². The van der Waals surface area contributed by atoms with Crippen molar-refractivity contribution in [2.45, 2.75) is 19.4 Å². The number of carboxylic acid groups (broad SMARTS) is 1. The smallest absolute Gasteiger partial charge is 0.331 e. The van der Waals surface area contributed by atoms with Crippen LogP contribution in [0.3, 0.4) is 0 Å². The molecular formula is C15H16FNO4S. The van der Waals surface area contributed by atoms with Crippen LogP contribution in [0.4, 0.5) is 4.39 Å². The maximum atomic E-state index is 13.0. The van der Waals surface area contributed by atoms with Crippen LogP contribution in [0.15, 0.2) is 24.3 Å². The molecule has 1 amide bonds. The summed E-state index contributed by atoms with van der Waals surface area (Å²) >= 11 is 1.14. The molecule has 1 aliphatic heterocycles. The van der Waals surface area contributed by atoms with Crippen LogP contribution in [-0.4, -0.2) is 39.3 Å². The average Bonchev–Trinajstić information content (AvgIpc) is 2.80. The van der Waals surface area contributed by atoms with Gasteiger partial charge in [-0.15, -0.1) is 0 Å². The summed E-state index contributed by atoms with van der Waals surface area (Å²) < 4.78 is 13.0. The van der Waals surface area contributed by atoms with Gasteiger partial charge in [-0.2, -0.15) is 0 Å². The van der Waals surface area contributed by atoms with E-state index in [9.17, 15) is 23.9 Å². The van der Waals surface area contributed by atoms with Gasteiger partial charge in [0.05, 0.1) is 0 Å². The summed E-state index contributed by atoms with van der Waals surface area (Å²) in [7, 11) is 0. The summed E-state index contributed by atoms with van der Waals surface area (Å²) in [6.45, 7) is 1.74. The Kier molecular flexibility index (Phi) is 5.18. The Balaban J connectivity index is 2.15. The second-order valence-electron chi connectivity index (χ2n) is 5.21. The van der Waals surface area contributed by atoms with E-state index in [2.05, 4.69) is 0 Å². The number of carbonyl (C=O) groups is 3. The van der Waals surface area contributed by atoms with Crippen LogP contribution >= 0.6 is 11.8 Å².